The zero-order valence-electron chi connectivity index (χ0n) is 12.3. The highest BCUT2D eigenvalue weighted by molar-refractivity contribution is 9.10. The maximum Gasteiger partial charge on any atom is 0.126 e. The molecule has 3 N–H and O–H groups in total. The van der Waals surface area contributed by atoms with Crippen LogP contribution >= 0.6 is 15.9 Å². The number of benzene rings is 1. The number of nitrogens with one attached hydrogen (secondary N) is 1. The van der Waals surface area contributed by atoms with Crippen molar-refractivity contribution in [3.05, 3.63) is 58.2 Å². The lowest BCUT2D eigenvalue weighted by molar-refractivity contribution is 0.505. The Bertz CT molecular complexity index is 554. The second kappa shape index (κ2) is 8.15. The number of rotatable bonds is 7. The Morgan fingerprint density at radius 3 is 2.62 bits per heavy atom. The molecular formula is C17H22BrN3. The van der Waals surface area contributed by atoms with E-state index < -0.39 is 0 Å². The van der Waals surface area contributed by atoms with Crippen molar-refractivity contribution < 1.29 is 0 Å². The van der Waals surface area contributed by atoms with Gasteiger partial charge in [-0.1, -0.05) is 41.1 Å². The lowest BCUT2D eigenvalue weighted by atomic mass is 9.99. The molecule has 4 heteroatoms. The van der Waals surface area contributed by atoms with E-state index in [1.54, 1.807) is 6.20 Å². The molecule has 0 amide bonds. The van der Waals surface area contributed by atoms with Gasteiger partial charge in [-0.2, -0.15) is 0 Å². The van der Waals surface area contributed by atoms with Crippen LogP contribution in [0, 0.1) is 0 Å². The number of nitrogens with two attached hydrogens (primary N) is 1. The van der Waals surface area contributed by atoms with Crippen molar-refractivity contribution in [2.45, 2.75) is 32.2 Å². The summed E-state index contributed by atoms with van der Waals surface area (Å²) in [6.07, 6.45) is 4.75. The summed E-state index contributed by atoms with van der Waals surface area (Å²) < 4.78 is 1.11. The molecule has 2 rings (SSSR count). The maximum absolute atomic E-state index is 5.97. The highest BCUT2D eigenvalue weighted by Gasteiger charge is 2.12. The topological polar surface area (TPSA) is 50.9 Å². The van der Waals surface area contributed by atoms with Crippen LogP contribution in [-0.2, 0) is 12.8 Å². The van der Waals surface area contributed by atoms with Gasteiger partial charge in [-0.05, 0) is 55.1 Å². The minimum atomic E-state index is 0.373. The summed E-state index contributed by atoms with van der Waals surface area (Å²) >= 11 is 3.48. The summed E-state index contributed by atoms with van der Waals surface area (Å²) in [6.45, 7) is 3.20. The van der Waals surface area contributed by atoms with Crippen LogP contribution in [0.5, 0.6) is 0 Å². The van der Waals surface area contributed by atoms with Gasteiger partial charge in [0.1, 0.15) is 5.82 Å². The molecule has 1 heterocycles. The molecule has 3 nitrogen and oxygen atoms in total. The van der Waals surface area contributed by atoms with Crippen molar-refractivity contribution in [2.24, 2.45) is 0 Å². The van der Waals surface area contributed by atoms with E-state index in [9.17, 15) is 0 Å². The van der Waals surface area contributed by atoms with Gasteiger partial charge >= 0.3 is 0 Å². The first-order valence-electron chi connectivity index (χ1n) is 7.36. The molecule has 0 aliphatic rings. The fourth-order valence-electron chi connectivity index (χ4n) is 2.36. The normalized spacial score (nSPS) is 12.3. The summed E-state index contributed by atoms with van der Waals surface area (Å²) in [6, 6.07) is 12.9. The fraction of sp³-hybridized carbons (Fsp3) is 0.353. The van der Waals surface area contributed by atoms with E-state index in [1.165, 1.54) is 5.56 Å². The van der Waals surface area contributed by atoms with Crippen LogP contribution < -0.4 is 11.1 Å². The van der Waals surface area contributed by atoms with Gasteiger partial charge in [-0.25, -0.2) is 4.98 Å². The number of halogens is 1. The third-order valence-corrected chi connectivity index (χ3v) is 4.00. The van der Waals surface area contributed by atoms with Gasteiger partial charge in [-0.3, -0.25) is 0 Å². The van der Waals surface area contributed by atoms with Crippen LogP contribution in [0.15, 0.2) is 47.1 Å². The average molecular weight is 348 g/mol. The van der Waals surface area contributed by atoms with Gasteiger partial charge in [0, 0.05) is 16.7 Å². The smallest absolute Gasteiger partial charge is 0.126 e. The minimum Gasteiger partial charge on any atom is -0.383 e. The monoisotopic (exact) mass is 347 g/mol. The number of anilines is 1. The predicted octanol–water partition coefficient (Wildman–Crippen LogP) is 3.58. The molecule has 1 unspecified atom stereocenters. The molecule has 0 radical (unpaired) electrons. The molecule has 0 fully saturated rings. The molecule has 0 saturated carbocycles. The summed E-state index contributed by atoms with van der Waals surface area (Å²) in [5.74, 6) is 0.636. The number of nitrogen functional groups attached to an aromatic ring is 1. The SMILES string of the molecule is CCCNC(Cc1ccc(Br)cc1)Cc1cccnc1N. The Labute approximate surface area is 135 Å². The summed E-state index contributed by atoms with van der Waals surface area (Å²) in [4.78, 5) is 4.17. The number of hydrogen-bond donors (Lipinski definition) is 2. The standard InChI is InChI=1S/C17H22BrN3/c1-2-9-20-16(11-13-5-7-15(18)8-6-13)12-14-4-3-10-21-17(14)19/h3-8,10,16,20H,2,9,11-12H2,1H3,(H2,19,21). The van der Waals surface area contributed by atoms with E-state index in [1.807, 2.05) is 6.07 Å². The van der Waals surface area contributed by atoms with Crippen molar-refractivity contribution in [1.29, 1.82) is 0 Å². The van der Waals surface area contributed by atoms with E-state index in [4.69, 9.17) is 5.73 Å². The Balaban J connectivity index is 2.07. The highest BCUT2D eigenvalue weighted by Crippen LogP contribution is 2.15. The van der Waals surface area contributed by atoms with E-state index in [0.29, 0.717) is 11.9 Å². The first kappa shape index (κ1) is 16.0. The minimum absolute atomic E-state index is 0.373. The number of aromatic nitrogens is 1. The largest absolute Gasteiger partial charge is 0.383 e. The van der Waals surface area contributed by atoms with Crippen LogP contribution in [0.25, 0.3) is 0 Å². The third-order valence-electron chi connectivity index (χ3n) is 3.47. The lowest BCUT2D eigenvalue weighted by Gasteiger charge is -2.19. The van der Waals surface area contributed by atoms with Crippen LogP contribution in [0.1, 0.15) is 24.5 Å². The zero-order chi connectivity index (χ0) is 15.1. The molecule has 112 valence electrons. The molecule has 0 aliphatic heterocycles. The molecule has 0 spiro atoms. The van der Waals surface area contributed by atoms with Crippen molar-refractivity contribution in [1.82, 2.24) is 10.3 Å². The second-order valence-electron chi connectivity index (χ2n) is 5.23. The molecule has 2 aromatic rings. The van der Waals surface area contributed by atoms with Gasteiger partial charge in [0.15, 0.2) is 0 Å². The van der Waals surface area contributed by atoms with Crippen molar-refractivity contribution >= 4 is 21.7 Å². The third kappa shape index (κ3) is 5.14. The Morgan fingerprint density at radius 2 is 1.95 bits per heavy atom. The predicted molar refractivity (Wildman–Crippen MR) is 92.3 cm³/mol. The number of nitrogens with zero attached hydrogens (tertiary/aromatic N) is 1. The van der Waals surface area contributed by atoms with Crippen molar-refractivity contribution in [3.63, 3.8) is 0 Å². The Hall–Kier alpha value is -1.39. The van der Waals surface area contributed by atoms with Crippen LogP contribution in [-0.4, -0.2) is 17.6 Å². The Morgan fingerprint density at radius 1 is 1.19 bits per heavy atom. The van der Waals surface area contributed by atoms with Gasteiger partial charge < -0.3 is 11.1 Å². The van der Waals surface area contributed by atoms with Crippen LogP contribution in [0.2, 0.25) is 0 Å². The highest BCUT2D eigenvalue weighted by atomic mass is 79.9. The summed E-state index contributed by atoms with van der Waals surface area (Å²) in [5.41, 5.74) is 8.41. The van der Waals surface area contributed by atoms with Crippen LogP contribution in [0.3, 0.4) is 0 Å². The molecule has 0 saturated heterocycles. The van der Waals surface area contributed by atoms with E-state index >= 15 is 0 Å². The van der Waals surface area contributed by atoms with Crippen molar-refractivity contribution in [2.75, 3.05) is 12.3 Å². The molecule has 1 aromatic heterocycles. The van der Waals surface area contributed by atoms with E-state index in [2.05, 4.69) is 63.5 Å². The number of pyridine rings is 1. The van der Waals surface area contributed by atoms with Gasteiger partial charge in [0.2, 0.25) is 0 Å². The molecule has 0 aliphatic carbocycles. The molecular weight excluding hydrogens is 326 g/mol. The Kier molecular flexibility index (Phi) is 6.21. The average Bonchev–Trinajstić information content (AvgIpc) is 2.49. The second-order valence-corrected chi connectivity index (χ2v) is 6.15. The van der Waals surface area contributed by atoms with E-state index in [-0.39, 0.29) is 0 Å². The van der Waals surface area contributed by atoms with Gasteiger partial charge in [0.25, 0.3) is 0 Å². The van der Waals surface area contributed by atoms with Crippen molar-refractivity contribution in [3.8, 4) is 0 Å². The first-order chi connectivity index (χ1) is 10.2. The molecule has 1 aromatic carbocycles. The molecule has 1 atom stereocenters. The summed E-state index contributed by atoms with van der Waals surface area (Å²) in [5, 5.41) is 3.61. The van der Waals surface area contributed by atoms with Crippen LogP contribution in [0.4, 0.5) is 5.82 Å². The summed E-state index contributed by atoms with van der Waals surface area (Å²) in [7, 11) is 0. The van der Waals surface area contributed by atoms with Gasteiger partial charge in [0.05, 0.1) is 0 Å². The quantitative estimate of drug-likeness (QED) is 0.804. The van der Waals surface area contributed by atoms with E-state index in [0.717, 1.165) is 35.8 Å². The molecule has 0 bridgehead atoms. The van der Waals surface area contributed by atoms with Gasteiger partial charge in [-0.15, -0.1) is 0 Å². The first-order valence-corrected chi connectivity index (χ1v) is 8.15. The lowest BCUT2D eigenvalue weighted by Crippen LogP contribution is -2.34. The molecule has 21 heavy (non-hydrogen) atoms. The number of hydrogen-bond acceptors (Lipinski definition) is 3. The zero-order valence-corrected chi connectivity index (χ0v) is 13.9. The fourth-order valence-corrected chi connectivity index (χ4v) is 2.62. The maximum atomic E-state index is 5.97.